The van der Waals surface area contributed by atoms with Crippen LogP contribution < -0.4 is 15.0 Å². The Labute approximate surface area is 226 Å². The van der Waals surface area contributed by atoms with E-state index in [1.165, 1.54) is 12.1 Å². The van der Waals surface area contributed by atoms with Gasteiger partial charge in [0, 0.05) is 12.3 Å². The number of para-hydroxylation sites is 1. The molecule has 8 nitrogen and oxygen atoms in total. The summed E-state index contributed by atoms with van der Waals surface area (Å²) < 4.78 is 60.2. The van der Waals surface area contributed by atoms with Crippen molar-refractivity contribution in [2.75, 3.05) is 4.90 Å². The Morgan fingerprint density at radius 3 is 2.26 bits per heavy atom. The van der Waals surface area contributed by atoms with Crippen LogP contribution in [0.3, 0.4) is 0 Å². The van der Waals surface area contributed by atoms with Crippen molar-refractivity contribution in [3.63, 3.8) is 0 Å². The van der Waals surface area contributed by atoms with Gasteiger partial charge in [-0.15, -0.1) is 0 Å². The first-order chi connectivity index (χ1) is 18.6. The lowest BCUT2D eigenvalue weighted by Crippen LogP contribution is -2.54. The maximum atomic E-state index is 14.3. The monoisotopic (exact) mass is 565 g/mol. The predicted molar refractivity (Wildman–Crippen MR) is 143 cm³/mol. The molecule has 0 aliphatic carbocycles. The average molecular weight is 566 g/mol. The minimum absolute atomic E-state index is 0.114. The van der Waals surface area contributed by atoms with Crippen LogP contribution in [-0.2, 0) is 19.6 Å². The quantitative estimate of drug-likeness (QED) is 0.208. The van der Waals surface area contributed by atoms with Gasteiger partial charge in [-0.05, 0) is 79.0 Å². The number of rotatable bonds is 6. The fourth-order valence-corrected chi connectivity index (χ4v) is 5.49. The predicted octanol–water partition coefficient (Wildman–Crippen LogP) is 4.63. The van der Waals surface area contributed by atoms with E-state index in [-0.39, 0.29) is 10.8 Å². The molecule has 1 aliphatic heterocycles. The molecule has 1 aliphatic rings. The minimum Gasteiger partial charge on any atom is -0.457 e. The average Bonchev–Trinajstić information content (AvgIpc) is 3.37. The molecule has 39 heavy (non-hydrogen) atoms. The van der Waals surface area contributed by atoms with Crippen LogP contribution in [0.2, 0.25) is 0 Å². The lowest BCUT2D eigenvalue weighted by molar-refractivity contribution is -0.122. The summed E-state index contributed by atoms with van der Waals surface area (Å²) in [5, 5.41) is 2.25. The number of thiocarbonyl (C=S) groups is 1. The van der Waals surface area contributed by atoms with E-state index in [4.69, 9.17) is 17.0 Å². The van der Waals surface area contributed by atoms with Gasteiger partial charge in [-0.25, -0.2) is 21.2 Å². The van der Waals surface area contributed by atoms with Crippen LogP contribution in [-0.4, -0.2) is 29.3 Å². The Balaban J connectivity index is 1.46. The van der Waals surface area contributed by atoms with Crippen molar-refractivity contribution < 1.29 is 31.5 Å². The summed E-state index contributed by atoms with van der Waals surface area (Å²) in [7, 11) is -4.53. The number of ether oxygens (including phenoxy) is 1. The molecule has 0 spiro atoms. The molecular weight excluding hydrogens is 548 g/mol. The second kappa shape index (κ2) is 10.2. The molecule has 1 fully saturated rings. The van der Waals surface area contributed by atoms with E-state index in [1.807, 2.05) is 18.2 Å². The van der Waals surface area contributed by atoms with Crippen LogP contribution in [0.1, 0.15) is 5.69 Å². The summed E-state index contributed by atoms with van der Waals surface area (Å²) in [4.78, 5) is 26.4. The molecule has 4 aromatic rings. The topological polar surface area (TPSA) is 97.7 Å². The molecule has 3 aromatic carbocycles. The van der Waals surface area contributed by atoms with Crippen LogP contribution in [0, 0.1) is 11.6 Å². The van der Waals surface area contributed by atoms with E-state index < -0.39 is 43.9 Å². The number of nitrogens with one attached hydrogen (secondary N) is 1. The molecule has 5 rings (SSSR count). The molecule has 196 valence electrons. The number of amides is 2. The number of anilines is 1. The first-order valence-electron chi connectivity index (χ1n) is 11.3. The van der Waals surface area contributed by atoms with Crippen molar-refractivity contribution in [3.05, 3.63) is 114 Å². The highest BCUT2D eigenvalue weighted by Crippen LogP contribution is 2.28. The van der Waals surface area contributed by atoms with Gasteiger partial charge in [-0.1, -0.05) is 18.2 Å². The van der Waals surface area contributed by atoms with E-state index in [1.54, 1.807) is 36.4 Å². The molecule has 0 atom stereocenters. The van der Waals surface area contributed by atoms with Gasteiger partial charge in [-0.3, -0.25) is 19.8 Å². The lowest BCUT2D eigenvalue weighted by Gasteiger charge is -2.29. The fraction of sp³-hybridized carbons (Fsp3) is 0. The Hall–Kier alpha value is -4.68. The highest BCUT2D eigenvalue weighted by atomic mass is 32.2. The normalized spacial score (nSPS) is 15.0. The van der Waals surface area contributed by atoms with E-state index >= 15 is 0 Å². The number of nitrogens with zero attached hydrogens (tertiary/aromatic N) is 2. The van der Waals surface area contributed by atoms with E-state index in [0.717, 1.165) is 29.3 Å². The zero-order chi connectivity index (χ0) is 27.7. The highest BCUT2D eigenvalue weighted by Gasteiger charge is 2.35. The number of carbonyl (C=O) groups excluding carboxylic acids is 2. The van der Waals surface area contributed by atoms with E-state index in [2.05, 4.69) is 5.32 Å². The molecule has 1 aromatic heterocycles. The fourth-order valence-electron chi connectivity index (χ4n) is 3.83. The van der Waals surface area contributed by atoms with Crippen molar-refractivity contribution in [3.8, 4) is 11.5 Å². The lowest BCUT2D eigenvalue weighted by atomic mass is 10.1. The third-order valence-electron chi connectivity index (χ3n) is 5.64. The molecule has 0 radical (unpaired) electrons. The van der Waals surface area contributed by atoms with Gasteiger partial charge in [0.05, 0.1) is 11.4 Å². The van der Waals surface area contributed by atoms with E-state index in [9.17, 15) is 26.8 Å². The smallest absolute Gasteiger partial charge is 0.271 e. The zero-order valence-corrected chi connectivity index (χ0v) is 21.4. The largest absolute Gasteiger partial charge is 0.457 e. The van der Waals surface area contributed by atoms with Crippen molar-refractivity contribution in [2.45, 2.75) is 4.90 Å². The molecule has 0 unspecified atom stereocenters. The van der Waals surface area contributed by atoms with Crippen molar-refractivity contribution in [1.82, 2.24) is 9.29 Å². The molecule has 1 N–H and O–H groups in total. The minimum atomic E-state index is -4.53. The number of benzene rings is 3. The number of aromatic nitrogens is 1. The van der Waals surface area contributed by atoms with Gasteiger partial charge in [-0.2, -0.15) is 0 Å². The van der Waals surface area contributed by atoms with Crippen LogP contribution in [0.4, 0.5) is 14.5 Å². The second-order valence-corrected chi connectivity index (χ2v) is 10.3. The summed E-state index contributed by atoms with van der Waals surface area (Å²) in [6.45, 7) is 0. The summed E-state index contributed by atoms with van der Waals surface area (Å²) in [5.41, 5.74) is -0.202. The third kappa shape index (κ3) is 5.07. The second-order valence-electron chi connectivity index (χ2n) is 8.18. The summed E-state index contributed by atoms with van der Waals surface area (Å²) in [6.07, 6.45) is 2.17. The highest BCUT2D eigenvalue weighted by molar-refractivity contribution is 7.90. The Morgan fingerprint density at radius 1 is 0.872 bits per heavy atom. The SMILES string of the molecule is O=C1NC(=S)N(c2ccc(Oc3ccccc3)cc2)C(=O)/C1=C/c1cccn1S(=O)(=O)c1ccc(F)cc1F. The van der Waals surface area contributed by atoms with Crippen molar-refractivity contribution in [2.24, 2.45) is 0 Å². The van der Waals surface area contributed by atoms with Crippen LogP contribution in [0.15, 0.2) is 102 Å². The van der Waals surface area contributed by atoms with Crippen molar-refractivity contribution in [1.29, 1.82) is 0 Å². The first-order valence-corrected chi connectivity index (χ1v) is 13.1. The van der Waals surface area contributed by atoms with Gasteiger partial charge < -0.3 is 4.74 Å². The van der Waals surface area contributed by atoms with Crippen LogP contribution >= 0.6 is 12.2 Å². The maximum Gasteiger partial charge on any atom is 0.271 e. The van der Waals surface area contributed by atoms with Gasteiger partial charge in [0.15, 0.2) is 5.11 Å². The van der Waals surface area contributed by atoms with Crippen LogP contribution in [0.5, 0.6) is 11.5 Å². The molecular formula is C27H17F2N3O5S2. The number of carbonyl (C=O) groups is 2. The maximum absolute atomic E-state index is 14.3. The summed E-state index contributed by atoms with van der Waals surface area (Å²) >= 11 is 5.22. The van der Waals surface area contributed by atoms with Gasteiger partial charge >= 0.3 is 0 Å². The Bertz CT molecular complexity index is 1750. The summed E-state index contributed by atoms with van der Waals surface area (Å²) in [5.74, 6) is -2.77. The van der Waals surface area contributed by atoms with Gasteiger partial charge in [0.2, 0.25) is 0 Å². The summed E-state index contributed by atoms with van der Waals surface area (Å²) in [6, 6.07) is 20.1. The molecule has 0 saturated carbocycles. The number of halogens is 2. The van der Waals surface area contributed by atoms with Gasteiger partial charge in [0.25, 0.3) is 21.8 Å². The van der Waals surface area contributed by atoms with Crippen molar-refractivity contribution >= 4 is 50.9 Å². The van der Waals surface area contributed by atoms with Gasteiger partial charge in [0.1, 0.15) is 33.6 Å². The third-order valence-corrected chi connectivity index (χ3v) is 7.66. The molecule has 2 heterocycles. The first kappa shape index (κ1) is 25.9. The molecule has 0 bridgehead atoms. The molecule has 1 saturated heterocycles. The number of hydrogen-bond acceptors (Lipinski definition) is 6. The Morgan fingerprint density at radius 2 is 1.56 bits per heavy atom. The number of hydrogen-bond donors (Lipinski definition) is 1. The molecule has 2 amide bonds. The van der Waals surface area contributed by atoms with E-state index in [0.29, 0.717) is 27.2 Å². The standard InChI is InChI=1S/C27H17F2N3O5S2/c28-17-8-13-24(23(29)15-17)39(35,36)31-14-4-5-19(31)16-22-25(33)30-27(38)32(26(22)34)18-9-11-21(12-10-18)37-20-6-2-1-3-7-20/h1-16H,(H,30,33,38)/b22-16+. The molecule has 12 heteroatoms. The zero-order valence-electron chi connectivity index (χ0n) is 19.7. The van der Waals surface area contributed by atoms with Crippen LogP contribution in [0.25, 0.3) is 6.08 Å². The Kier molecular flexibility index (Phi) is 6.81.